The molecule has 0 fully saturated rings. The average molecular weight is 358 g/mol. The molecule has 0 saturated heterocycles. The van der Waals surface area contributed by atoms with Crippen molar-refractivity contribution in [1.29, 1.82) is 0 Å². The van der Waals surface area contributed by atoms with Crippen LogP contribution in [0.15, 0.2) is 36.4 Å². The third-order valence-corrected chi connectivity index (χ3v) is 3.74. The maximum atomic E-state index is 12.2. The predicted octanol–water partition coefficient (Wildman–Crippen LogP) is 5.26. The van der Waals surface area contributed by atoms with Gasteiger partial charge in [0, 0.05) is 10.6 Å². The Morgan fingerprint density at radius 2 is 1.86 bits per heavy atom. The van der Waals surface area contributed by atoms with Gasteiger partial charge in [-0.15, -0.1) is 0 Å². The van der Waals surface area contributed by atoms with Crippen molar-refractivity contribution in [3.63, 3.8) is 0 Å². The van der Waals surface area contributed by atoms with Crippen LogP contribution in [-0.4, -0.2) is 18.0 Å². The lowest BCUT2D eigenvalue weighted by molar-refractivity contribution is 0.104. The molecule has 114 valence electrons. The molecule has 0 amide bonds. The van der Waals surface area contributed by atoms with Gasteiger partial charge in [-0.1, -0.05) is 40.9 Å². The summed E-state index contributed by atoms with van der Waals surface area (Å²) >= 11 is 17.7. The molecule has 6 heteroatoms. The van der Waals surface area contributed by atoms with E-state index in [1.807, 2.05) is 0 Å². The maximum Gasteiger partial charge on any atom is 0.187 e. The second kappa shape index (κ2) is 7.05. The Kier molecular flexibility index (Phi) is 5.35. The van der Waals surface area contributed by atoms with Crippen LogP contribution >= 0.6 is 34.8 Å². The van der Waals surface area contributed by atoms with Crippen LogP contribution in [0.5, 0.6) is 11.5 Å². The molecule has 0 bridgehead atoms. The molecule has 0 atom stereocenters. The van der Waals surface area contributed by atoms with E-state index in [0.29, 0.717) is 21.2 Å². The quantitative estimate of drug-likeness (QED) is 0.600. The lowest BCUT2D eigenvalue weighted by Gasteiger charge is -2.06. The molecule has 0 aliphatic heterocycles. The van der Waals surface area contributed by atoms with E-state index in [0.717, 1.165) is 0 Å². The van der Waals surface area contributed by atoms with Crippen molar-refractivity contribution in [2.75, 3.05) is 7.11 Å². The summed E-state index contributed by atoms with van der Waals surface area (Å²) in [5, 5.41) is 10.5. The topological polar surface area (TPSA) is 46.5 Å². The Balaban J connectivity index is 2.30. The number of methoxy groups -OCH3 is 1. The summed E-state index contributed by atoms with van der Waals surface area (Å²) in [6, 6.07) is 7.74. The third-order valence-electron chi connectivity index (χ3n) is 2.89. The van der Waals surface area contributed by atoms with E-state index < -0.39 is 0 Å². The van der Waals surface area contributed by atoms with E-state index in [2.05, 4.69) is 0 Å². The highest BCUT2D eigenvalue weighted by Gasteiger charge is 2.10. The Bertz CT molecular complexity index is 755. The molecule has 0 unspecified atom stereocenters. The summed E-state index contributed by atoms with van der Waals surface area (Å²) in [7, 11) is 1.41. The number of phenols is 1. The van der Waals surface area contributed by atoms with E-state index in [1.54, 1.807) is 24.3 Å². The first kappa shape index (κ1) is 16.7. The molecule has 2 rings (SSSR count). The molecule has 0 aliphatic carbocycles. The van der Waals surface area contributed by atoms with Crippen LogP contribution in [0.25, 0.3) is 6.08 Å². The molecular weight excluding hydrogens is 347 g/mol. The Morgan fingerprint density at radius 3 is 2.55 bits per heavy atom. The summed E-state index contributed by atoms with van der Waals surface area (Å²) in [6.45, 7) is 0. The van der Waals surface area contributed by atoms with Gasteiger partial charge in [0.15, 0.2) is 17.3 Å². The summed E-state index contributed by atoms with van der Waals surface area (Å²) in [5.74, 6) is -0.221. The number of hydrogen-bond donors (Lipinski definition) is 1. The van der Waals surface area contributed by atoms with Crippen molar-refractivity contribution in [2.45, 2.75) is 0 Å². The molecule has 3 nitrogen and oxygen atoms in total. The molecule has 1 N–H and O–H groups in total. The molecule has 2 aromatic carbocycles. The zero-order chi connectivity index (χ0) is 16.3. The molecular formula is C16H11Cl3O3. The number of carbonyl (C=O) groups excluding carboxylic acids is 1. The van der Waals surface area contributed by atoms with Crippen molar-refractivity contribution >= 4 is 46.7 Å². The van der Waals surface area contributed by atoms with Crippen molar-refractivity contribution < 1.29 is 14.6 Å². The molecule has 2 aromatic rings. The average Bonchev–Trinajstić information content (AvgIpc) is 2.50. The third kappa shape index (κ3) is 3.74. The fourth-order valence-electron chi connectivity index (χ4n) is 1.79. The minimum atomic E-state index is -0.296. The molecule has 0 aromatic heterocycles. The first-order valence-corrected chi connectivity index (χ1v) is 7.29. The highest BCUT2D eigenvalue weighted by molar-refractivity contribution is 6.36. The first-order valence-electron chi connectivity index (χ1n) is 6.16. The summed E-state index contributed by atoms with van der Waals surface area (Å²) in [6.07, 6.45) is 2.90. The number of halogens is 3. The van der Waals surface area contributed by atoms with Crippen LogP contribution in [0.2, 0.25) is 15.1 Å². The number of phenolic OH excluding ortho intramolecular Hbond substituents is 1. The van der Waals surface area contributed by atoms with Gasteiger partial charge in [-0.3, -0.25) is 4.79 Å². The van der Waals surface area contributed by atoms with Crippen LogP contribution in [-0.2, 0) is 0 Å². The fourth-order valence-corrected chi connectivity index (χ4v) is 2.40. The minimum absolute atomic E-state index is 0.132. The van der Waals surface area contributed by atoms with Gasteiger partial charge in [0.1, 0.15) is 0 Å². The SMILES string of the molecule is COc1cc(/C=C/C(=O)c2cc(Cl)ccc2Cl)cc(Cl)c1O. The fraction of sp³-hybridized carbons (Fsp3) is 0.0625. The van der Waals surface area contributed by atoms with Gasteiger partial charge in [0.2, 0.25) is 0 Å². The Labute approximate surface area is 142 Å². The highest BCUT2D eigenvalue weighted by atomic mass is 35.5. The number of allylic oxidation sites excluding steroid dienone is 1. The molecule has 0 saturated carbocycles. The Hall–Kier alpha value is -1.68. The smallest absolute Gasteiger partial charge is 0.187 e. The predicted molar refractivity (Wildman–Crippen MR) is 89.5 cm³/mol. The summed E-state index contributed by atoms with van der Waals surface area (Å²) in [5.41, 5.74) is 0.911. The molecule has 0 radical (unpaired) electrons. The minimum Gasteiger partial charge on any atom is -0.503 e. The van der Waals surface area contributed by atoms with Crippen molar-refractivity contribution in [3.8, 4) is 11.5 Å². The van der Waals surface area contributed by atoms with E-state index in [9.17, 15) is 9.90 Å². The van der Waals surface area contributed by atoms with E-state index in [1.165, 1.54) is 25.3 Å². The molecule has 22 heavy (non-hydrogen) atoms. The molecule has 0 spiro atoms. The van der Waals surface area contributed by atoms with Crippen molar-refractivity contribution in [3.05, 3.63) is 62.6 Å². The van der Waals surface area contributed by atoms with Crippen LogP contribution in [0.3, 0.4) is 0 Å². The lowest BCUT2D eigenvalue weighted by Crippen LogP contribution is -1.95. The monoisotopic (exact) mass is 356 g/mol. The number of rotatable bonds is 4. The van der Waals surface area contributed by atoms with Gasteiger partial charge in [-0.25, -0.2) is 0 Å². The molecule has 0 heterocycles. The van der Waals surface area contributed by atoms with Crippen molar-refractivity contribution in [2.24, 2.45) is 0 Å². The van der Waals surface area contributed by atoms with E-state index in [4.69, 9.17) is 39.5 Å². The summed E-state index contributed by atoms with van der Waals surface area (Å²) < 4.78 is 5.00. The Morgan fingerprint density at radius 1 is 1.14 bits per heavy atom. The zero-order valence-electron chi connectivity index (χ0n) is 11.4. The number of benzene rings is 2. The highest BCUT2D eigenvalue weighted by Crippen LogP contribution is 2.35. The first-order chi connectivity index (χ1) is 10.4. The van der Waals surface area contributed by atoms with Gasteiger partial charge in [0.05, 0.1) is 17.2 Å². The van der Waals surface area contributed by atoms with Crippen LogP contribution < -0.4 is 4.74 Å². The molecule has 0 aliphatic rings. The second-order valence-electron chi connectivity index (χ2n) is 4.38. The number of aromatic hydroxyl groups is 1. The van der Waals surface area contributed by atoms with Gasteiger partial charge in [-0.05, 0) is 42.0 Å². The largest absolute Gasteiger partial charge is 0.503 e. The summed E-state index contributed by atoms with van der Waals surface area (Å²) in [4.78, 5) is 12.2. The van der Waals surface area contributed by atoms with Gasteiger partial charge >= 0.3 is 0 Å². The van der Waals surface area contributed by atoms with Gasteiger partial charge in [0.25, 0.3) is 0 Å². The lowest BCUT2D eigenvalue weighted by atomic mass is 10.1. The van der Waals surface area contributed by atoms with E-state index in [-0.39, 0.29) is 22.3 Å². The van der Waals surface area contributed by atoms with Crippen LogP contribution in [0.4, 0.5) is 0 Å². The maximum absolute atomic E-state index is 12.2. The van der Waals surface area contributed by atoms with Gasteiger partial charge < -0.3 is 9.84 Å². The standard InChI is InChI=1S/C16H11Cl3O3/c1-22-15-7-9(6-13(19)16(15)21)2-5-14(20)11-8-10(17)3-4-12(11)18/h2-8,21H,1H3/b5-2+. The van der Waals surface area contributed by atoms with Crippen molar-refractivity contribution in [1.82, 2.24) is 0 Å². The van der Waals surface area contributed by atoms with Crippen LogP contribution in [0.1, 0.15) is 15.9 Å². The van der Waals surface area contributed by atoms with Crippen LogP contribution in [0, 0.1) is 0 Å². The normalized spacial score (nSPS) is 10.9. The van der Waals surface area contributed by atoms with E-state index >= 15 is 0 Å². The number of ether oxygens (including phenoxy) is 1. The number of carbonyl (C=O) groups is 1. The zero-order valence-corrected chi connectivity index (χ0v) is 13.7. The number of hydrogen-bond acceptors (Lipinski definition) is 3. The number of ketones is 1. The second-order valence-corrected chi connectivity index (χ2v) is 5.63. The van der Waals surface area contributed by atoms with Gasteiger partial charge in [-0.2, -0.15) is 0 Å².